The Morgan fingerprint density at radius 1 is 1.62 bits per heavy atom. The summed E-state index contributed by atoms with van der Waals surface area (Å²) in [4.78, 5) is 14.0. The van der Waals surface area contributed by atoms with Gasteiger partial charge in [0.05, 0.1) is 0 Å². The van der Waals surface area contributed by atoms with Crippen LogP contribution in [-0.4, -0.2) is 12.0 Å². The number of hydrogen-bond donors (Lipinski definition) is 0. The van der Waals surface area contributed by atoms with Gasteiger partial charge in [-0.1, -0.05) is 0 Å². The Balaban J connectivity index is 0.000000490. The Labute approximate surface area is 58.4 Å². The van der Waals surface area contributed by atoms with Gasteiger partial charge in [0, 0.05) is 36.2 Å². The van der Waals surface area contributed by atoms with Gasteiger partial charge in [-0.3, -0.25) is 9.79 Å². The van der Waals surface area contributed by atoms with E-state index in [2.05, 4.69) is 4.99 Å². The van der Waals surface area contributed by atoms with Gasteiger partial charge in [0.15, 0.2) is 5.78 Å². The van der Waals surface area contributed by atoms with Crippen molar-refractivity contribution in [3.63, 3.8) is 0 Å². The Morgan fingerprint density at radius 2 is 2.38 bits per heavy atom. The van der Waals surface area contributed by atoms with Crippen LogP contribution in [0.25, 0.3) is 0 Å². The average Bonchev–Trinajstić information content (AvgIpc) is 1.69. The summed E-state index contributed by atoms with van der Waals surface area (Å²) >= 11 is 0. The molecular weight excluding hydrogens is 142 g/mol. The van der Waals surface area contributed by atoms with E-state index in [9.17, 15) is 4.79 Å². The van der Waals surface area contributed by atoms with Crippen LogP contribution in [0, 0.1) is 0 Å². The van der Waals surface area contributed by atoms with E-state index in [0.29, 0.717) is 6.42 Å². The molecule has 0 aromatic heterocycles. The summed E-state index contributed by atoms with van der Waals surface area (Å²) in [5, 5.41) is 0. The molecule has 0 saturated carbocycles. The maximum Gasteiger partial charge on any atom is 0.162 e. The number of rotatable bonds is 0. The topological polar surface area (TPSA) is 29.4 Å². The normalized spacial score (nSPS) is 15.8. The first-order chi connectivity index (χ1) is 3.39. The van der Waals surface area contributed by atoms with Crippen molar-refractivity contribution in [2.45, 2.75) is 6.42 Å². The predicted octanol–water partition coefficient (Wildman–Crippen LogP) is 0.541. The first kappa shape index (κ1) is 7.61. The van der Waals surface area contributed by atoms with Crippen LogP contribution in [0.4, 0.5) is 0 Å². The molecule has 0 aliphatic carbocycles. The second kappa shape index (κ2) is 3.59. The fraction of sp³-hybridized carbons (Fsp3) is 0.200. The molecule has 1 rings (SSSR count). The van der Waals surface area contributed by atoms with Crippen molar-refractivity contribution in [3.8, 4) is 0 Å². The molecule has 0 aromatic rings. The Morgan fingerprint density at radius 3 is 2.62 bits per heavy atom. The quantitative estimate of drug-likeness (QED) is 0.491. The van der Waals surface area contributed by atoms with Crippen molar-refractivity contribution in [1.82, 2.24) is 0 Å². The number of hydrogen-bond acceptors (Lipinski definition) is 2. The van der Waals surface area contributed by atoms with E-state index < -0.39 is 0 Å². The molecule has 0 saturated heterocycles. The molecule has 1 heterocycles. The molecule has 0 spiro atoms. The van der Waals surface area contributed by atoms with Gasteiger partial charge in [0.2, 0.25) is 0 Å². The molecule has 0 radical (unpaired) electrons. The number of aliphatic imine (C=N–C) groups is 1. The van der Waals surface area contributed by atoms with E-state index in [1.54, 1.807) is 6.21 Å². The van der Waals surface area contributed by atoms with E-state index in [0.717, 1.165) is 0 Å². The summed E-state index contributed by atoms with van der Waals surface area (Å²) in [6.07, 6.45) is 5.05. The van der Waals surface area contributed by atoms with Gasteiger partial charge in [-0.2, -0.15) is 0 Å². The SMILES string of the molecule is O=C1C=CN=CC1.[Cr]. The van der Waals surface area contributed by atoms with Crippen LogP contribution in [-0.2, 0) is 22.2 Å². The molecule has 0 fully saturated rings. The molecule has 8 heavy (non-hydrogen) atoms. The molecule has 0 aromatic carbocycles. The zero-order valence-electron chi connectivity index (χ0n) is 4.20. The zero-order valence-corrected chi connectivity index (χ0v) is 5.48. The van der Waals surface area contributed by atoms with Crippen LogP contribution in [0.3, 0.4) is 0 Å². The van der Waals surface area contributed by atoms with Crippen molar-refractivity contribution < 1.29 is 22.2 Å². The van der Waals surface area contributed by atoms with Gasteiger partial charge in [-0.15, -0.1) is 0 Å². The van der Waals surface area contributed by atoms with Crippen molar-refractivity contribution in [1.29, 1.82) is 0 Å². The number of ketones is 1. The van der Waals surface area contributed by atoms with Gasteiger partial charge in [0.1, 0.15) is 0 Å². The van der Waals surface area contributed by atoms with Crippen LogP contribution >= 0.6 is 0 Å². The Hall–Kier alpha value is -0.388. The van der Waals surface area contributed by atoms with Crippen LogP contribution in [0.5, 0.6) is 0 Å². The molecule has 0 amide bonds. The maximum absolute atomic E-state index is 10.3. The molecule has 2 nitrogen and oxygen atoms in total. The largest absolute Gasteiger partial charge is 0.294 e. The van der Waals surface area contributed by atoms with Gasteiger partial charge < -0.3 is 0 Å². The molecule has 0 atom stereocenters. The molecule has 1 aliphatic heterocycles. The minimum atomic E-state index is 0. The summed E-state index contributed by atoms with van der Waals surface area (Å²) in [5.41, 5.74) is 0. The molecule has 1 aliphatic rings. The summed E-state index contributed by atoms with van der Waals surface area (Å²) in [5.74, 6) is 0.134. The minimum Gasteiger partial charge on any atom is -0.294 e. The zero-order chi connectivity index (χ0) is 5.11. The third-order valence-electron chi connectivity index (χ3n) is 0.744. The third-order valence-corrected chi connectivity index (χ3v) is 0.744. The predicted molar refractivity (Wildman–Crippen MR) is 27.3 cm³/mol. The van der Waals surface area contributed by atoms with Crippen LogP contribution in [0.1, 0.15) is 6.42 Å². The van der Waals surface area contributed by atoms with Crippen LogP contribution in [0.15, 0.2) is 17.3 Å². The summed E-state index contributed by atoms with van der Waals surface area (Å²) < 4.78 is 0. The van der Waals surface area contributed by atoms with Crippen molar-refractivity contribution in [2.75, 3.05) is 0 Å². The summed E-state index contributed by atoms with van der Waals surface area (Å²) in [6, 6.07) is 0. The number of allylic oxidation sites excluding steroid dienone is 1. The molecule has 0 bridgehead atoms. The molecule has 0 unspecified atom stereocenters. The van der Waals surface area contributed by atoms with E-state index in [4.69, 9.17) is 0 Å². The molecule has 42 valence electrons. The third kappa shape index (κ3) is 2.06. The van der Waals surface area contributed by atoms with E-state index >= 15 is 0 Å². The van der Waals surface area contributed by atoms with Gasteiger partial charge in [0.25, 0.3) is 0 Å². The second-order valence-corrected chi connectivity index (χ2v) is 1.32. The van der Waals surface area contributed by atoms with E-state index in [-0.39, 0.29) is 23.1 Å². The Bertz CT molecular complexity index is 139. The summed E-state index contributed by atoms with van der Waals surface area (Å²) in [6.45, 7) is 0. The van der Waals surface area contributed by atoms with Crippen molar-refractivity contribution >= 4 is 12.0 Å². The maximum atomic E-state index is 10.3. The van der Waals surface area contributed by atoms with Crippen LogP contribution < -0.4 is 0 Å². The summed E-state index contributed by atoms with van der Waals surface area (Å²) in [7, 11) is 0. The van der Waals surface area contributed by atoms with Gasteiger partial charge >= 0.3 is 0 Å². The van der Waals surface area contributed by atoms with Gasteiger partial charge in [-0.25, -0.2) is 0 Å². The second-order valence-electron chi connectivity index (χ2n) is 1.32. The van der Waals surface area contributed by atoms with Crippen LogP contribution in [0.2, 0.25) is 0 Å². The van der Waals surface area contributed by atoms with E-state index in [1.165, 1.54) is 12.3 Å². The fourth-order valence-corrected chi connectivity index (χ4v) is 0.398. The first-order valence-electron chi connectivity index (χ1n) is 2.10. The van der Waals surface area contributed by atoms with Crippen molar-refractivity contribution in [3.05, 3.63) is 12.3 Å². The standard InChI is InChI=1S/C5H5NO.Cr/c7-5-1-3-6-4-2-5;/h1,3-4H,2H2;. The number of carbonyl (C=O) groups excluding carboxylic acids is 1. The molecule has 0 N–H and O–H groups in total. The molecule has 3 heteroatoms. The number of carbonyl (C=O) groups is 1. The molecular formula is C5H5CrNO. The fourth-order valence-electron chi connectivity index (χ4n) is 0.398. The van der Waals surface area contributed by atoms with Crippen molar-refractivity contribution in [2.24, 2.45) is 4.99 Å². The monoisotopic (exact) mass is 147 g/mol. The minimum absolute atomic E-state index is 0. The Kier molecular flexibility index (Phi) is 3.42. The van der Waals surface area contributed by atoms with E-state index in [1.807, 2.05) is 0 Å². The number of nitrogens with zero attached hydrogens (tertiary/aromatic N) is 1. The first-order valence-corrected chi connectivity index (χ1v) is 2.10. The average molecular weight is 147 g/mol. The van der Waals surface area contributed by atoms with Gasteiger partial charge in [-0.05, 0) is 6.08 Å². The smallest absolute Gasteiger partial charge is 0.162 e.